The molecule has 36 heavy (non-hydrogen) atoms. The van der Waals surface area contributed by atoms with Gasteiger partial charge in [-0.3, -0.25) is 0 Å². The number of benzene rings is 3. The third kappa shape index (κ3) is 4.52. The Morgan fingerprint density at radius 1 is 0.917 bits per heavy atom. The molecule has 0 aliphatic rings. The SMILES string of the molecule is Cc1nn2c(C(F)(F)F)cc(-c3ccc(OCc4c(F)cccc4Cl)cc3)nc2c1-c1ccccc1. The number of aryl methyl sites for hydroxylation is 1. The maximum Gasteiger partial charge on any atom is 0.433 e. The zero-order chi connectivity index (χ0) is 25.4. The number of hydrogen-bond donors (Lipinski definition) is 0. The number of alkyl halides is 3. The lowest BCUT2D eigenvalue weighted by molar-refractivity contribution is -0.142. The van der Waals surface area contributed by atoms with E-state index in [1.54, 1.807) is 61.5 Å². The van der Waals surface area contributed by atoms with E-state index >= 15 is 0 Å². The van der Waals surface area contributed by atoms with E-state index in [4.69, 9.17) is 16.3 Å². The monoisotopic (exact) mass is 511 g/mol. The van der Waals surface area contributed by atoms with Crippen molar-refractivity contribution in [2.75, 3.05) is 0 Å². The maximum atomic E-state index is 14.0. The minimum Gasteiger partial charge on any atom is -0.489 e. The molecule has 5 rings (SSSR count). The largest absolute Gasteiger partial charge is 0.489 e. The molecule has 3 aromatic carbocycles. The van der Waals surface area contributed by atoms with Crippen LogP contribution in [0, 0.1) is 12.7 Å². The molecule has 0 atom stereocenters. The standard InChI is InChI=1S/C27H18ClF4N3O/c1-16-25(18-6-3-2-4-7-18)26-33-23(14-24(27(30,31)32)35(26)34-16)17-10-12-19(13-11-17)36-15-20-21(28)8-5-9-22(20)29/h2-14H,15H2,1H3. The molecule has 0 saturated carbocycles. The molecule has 9 heteroatoms. The van der Waals surface area contributed by atoms with Crippen molar-refractivity contribution in [1.29, 1.82) is 0 Å². The zero-order valence-electron chi connectivity index (χ0n) is 18.9. The highest BCUT2D eigenvalue weighted by molar-refractivity contribution is 6.31. The first-order valence-corrected chi connectivity index (χ1v) is 11.3. The molecule has 0 N–H and O–H groups in total. The van der Waals surface area contributed by atoms with Crippen molar-refractivity contribution in [3.8, 4) is 28.1 Å². The van der Waals surface area contributed by atoms with E-state index in [9.17, 15) is 17.6 Å². The van der Waals surface area contributed by atoms with Gasteiger partial charge in [-0.15, -0.1) is 0 Å². The minimum absolute atomic E-state index is 0.0944. The van der Waals surface area contributed by atoms with Crippen molar-refractivity contribution in [3.63, 3.8) is 0 Å². The Hall–Kier alpha value is -3.91. The van der Waals surface area contributed by atoms with Crippen molar-refractivity contribution >= 4 is 17.2 Å². The van der Waals surface area contributed by atoms with Gasteiger partial charge in [0.25, 0.3) is 0 Å². The molecule has 5 aromatic rings. The predicted octanol–water partition coefficient (Wildman–Crippen LogP) is 7.76. The molecule has 4 nitrogen and oxygen atoms in total. The van der Waals surface area contributed by atoms with Crippen LogP contribution in [-0.2, 0) is 12.8 Å². The van der Waals surface area contributed by atoms with Crippen LogP contribution in [0.15, 0.2) is 78.9 Å². The van der Waals surface area contributed by atoms with Gasteiger partial charge < -0.3 is 4.74 Å². The second-order valence-corrected chi connectivity index (χ2v) is 8.51. The number of nitrogens with zero attached hydrogens (tertiary/aromatic N) is 3. The smallest absolute Gasteiger partial charge is 0.433 e. The van der Waals surface area contributed by atoms with Crippen LogP contribution in [0.3, 0.4) is 0 Å². The summed E-state index contributed by atoms with van der Waals surface area (Å²) in [6, 6.07) is 20.7. The maximum absolute atomic E-state index is 14.0. The van der Waals surface area contributed by atoms with E-state index in [1.807, 2.05) is 6.07 Å². The highest BCUT2D eigenvalue weighted by Crippen LogP contribution is 2.36. The van der Waals surface area contributed by atoms with Gasteiger partial charge in [0.15, 0.2) is 11.3 Å². The van der Waals surface area contributed by atoms with Crippen molar-refractivity contribution in [1.82, 2.24) is 14.6 Å². The van der Waals surface area contributed by atoms with Gasteiger partial charge in [-0.1, -0.05) is 48.0 Å². The fourth-order valence-corrected chi connectivity index (χ4v) is 4.18. The number of aromatic nitrogens is 3. The van der Waals surface area contributed by atoms with Crippen LogP contribution in [0.25, 0.3) is 28.0 Å². The van der Waals surface area contributed by atoms with Gasteiger partial charge in [-0.05, 0) is 55.0 Å². The van der Waals surface area contributed by atoms with Crippen LogP contribution in [0.2, 0.25) is 5.02 Å². The molecule has 182 valence electrons. The third-order valence-corrected chi connectivity index (χ3v) is 6.07. The molecular weight excluding hydrogens is 494 g/mol. The molecule has 0 spiro atoms. The Balaban J connectivity index is 1.53. The predicted molar refractivity (Wildman–Crippen MR) is 129 cm³/mol. The Morgan fingerprint density at radius 2 is 1.64 bits per heavy atom. The van der Waals surface area contributed by atoms with Crippen molar-refractivity contribution in [2.24, 2.45) is 0 Å². The summed E-state index contributed by atoms with van der Waals surface area (Å²) in [6.45, 7) is 1.56. The minimum atomic E-state index is -4.65. The van der Waals surface area contributed by atoms with E-state index in [-0.39, 0.29) is 28.5 Å². The third-order valence-electron chi connectivity index (χ3n) is 5.71. The molecule has 0 unspecified atom stereocenters. The number of fused-ring (bicyclic) bond motifs is 1. The Labute approximate surface area is 208 Å². The van der Waals surface area contributed by atoms with Crippen LogP contribution >= 0.6 is 11.6 Å². The fourth-order valence-electron chi connectivity index (χ4n) is 3.96. The second kappa shape index (κ2) is 9.28. The first kappa shape index (κ1) is 23.8. The summed E-state index contributed by atoms with van der Waals surface area (Å²) in [5, 5.41) is 4.39. The van der Waals surface area contributed by atoms with E-state index in [1.165, 1.54) is 12.1 Å². The van der Waals surface area contributed by atoms with Crippen LogP contribution < -0.4 is 4.74 Å². The van der Waals surface area contributed by atoms with Gasteiger partial charge in [0, 0.05) is 16.7 Å². The average molecular weight is 512 g/mol. The highest BCUT2D eigenvalue weighted by Gasteiger charge is 2.36. The summed E-state index contributed by atoms with van der Waals surface area (Å²) < 4.78 is 62.5. The quantitative estimate of drug-likeness (QED) is 0.226. The lowest BCUT2D eigenvalue weighted by atomic mass is 10.1. The van der Waals surface area contributed by atoms with Crippen molar-refractivity contribution in [3.05, 3.63) is 107 Å². The van der Waals surface area contributed by atoms with E-state index in [2.05, 4.69) is 10.1 Å². The summed E-state index contributed by atoms with van der Waals surface area (Å²) in [6.07, 6.45) is -4.65. The summed E-state index contributed by atoms with van der Waals surface area (Å²) >= 11 is 6.03. The first-order chi connectivity index (χ1) is 17.2. The molecular formula is C27H18ClF4N3O. The number of halogens is 5. The summed E-state index contributed by atoms with van der Waals surface area (Å²) in [7, 11) is 0. The molecule has 2 heterocycles. The zero-order valence-corrected chi connectivity index (χ0v) is 19.6. The first-order valence-electron chi connectivity index (χ1n) is 10.9. The Bertz CT molecular complexity index is 1530. The van der Waals surface area contributed by atoms with Crippen LogP contribution in [0.1, 0.15) is 17.0 Å². The second-order valence-electron chi connectivity index (χ2n) is 8.10. The topological polar surface area (TPSA) is 39.4 Å². The van der Waals surface area contributed by atoms with Crippen LogP contribution in [0.5, 0.6) is 5.75 Å². The molecule has 0 fully saturated rings. The van der Waals surface area contributed by atoms with Gasteiger partial charge in [-0.25, -0.2) is 13.9 Å². The Kier molecular flexibility index (Phi) is 6.14. The van der Waals surface area contributed by atoms with Crippen molar-refractivity contribution in [2.45, 2.75) is 19.7 Å². The lowest BCUT2D eigenvalue weighted by Crippen LogP contribution is -2.13. The van der Waals surface area contributed by atoms with Crippen LogP contribution in [-0.4, -0.2) is 14.6 Å². The molecule has 0 aliphatic heterocycles. The molecule has 0 saturated heterocycles. The summed E-state index contributed by atoms with van der Waals surface area (Å²) in [5.74, 6) is -0.0815. The molecule has 0 amide bonds. The fraction of sp³-hybridized carbons (Fsp3) is 0.111. The van der Waals surface area contributed by atoms with Gasteiger partial charge >= 0.3 is 6.18 Å². The van der Waals surface area contributed by atoms with E-state index in [0.717, 1.165) is 16.1 Å². The molecule has 2 aromatic heterocycles. The van der Waals surface area contributed by atoms with Crippen LogP contribution in [0.4, 0.5) is 17.6 Å². The van der Waals surface area contributed by atoms with Gasteiger partial charge in [0.2, 0.25) is 0 Å². The van der Waals surface area contributed by atoms with Gasteiger partial charge in [0.1, 0.15) is 18.2 Å². The Morgan fingerprint density at radius 3 is 2.31 bits per heavy atom. The normalized spacial score (nSPS) is 11.7. The average Bonchev–Trinajstić information content (AvgIpc) is 3.19. The number of hydrogen-bond acceptors (Lipinski definition) is 3. The number of ether oxygens (including phenoxy) is 1. The molecule has 0 radical (unpaired) electrons. The van der Waals surface area contributed by atoms with Gasteiger partial charge in [0.05, 0.1) is 16.4 Å². The van der Waals surface area contributed by atoms with E-state index < -0.39 is 17.7 Å². The van der Waals surface area contributed by atoms with Gasteiger partial charge in [-0.2, -0.15) is 18.3 Å². The molecule has 0 aliphatic carbocycles. The molecule has 0 bridgehead atoms. The summed E-state index contributed by atoms with van der Waals surface area (Å²) in [4.78, 5) is 4.56. The van der Waals surface area contributed by atoms with Crippen molar-refractivity contribution < 1.29 is 22.3 Å². The summed E-state index contributed by atoms with van der Waals surface area (Å²) in [5.41, 5.74) is 1.68. The lowest BCUT2D eigenvalue weighted by Gasteiger charge is -2.12. The highest BCUT2D eigenvalue weighted by atomic mass is 35.5. The number of rotatable bonds is 5. The van der Waals surface area contributed by atoms with E-state index in [0.29, 0.717) is 22.6 Å².